The molecule has 9 nitrogen and oxygen atoms in total. The van der Waals surface area contributed by atoms with Gasteiger partial charge in [-0.25, -0.2) is 0 Å². The van der Waals surface area contributed by atoms with Gasteiger partial charge < -0.3 is 33.7 Å². The first kappa shape index (κ1) is 27.7. The van der Waals surface area contributed by atoms with Crippen LogP contribution in [0.4, 0.5) is 0 Å². The van der Waals surface area contributed by atoms with E-state index in [1.54, 1.807) is 49.6 Å². The number of carbonyl (C=O) groups is 2. The maximum atomic E-state index is 13.5. The molecule has 39 heavy (non-hydrogen) atoms. The van der Waals surface area contributed by atoms with Crippen LogP contribution in [-0.4, -0.2) is 57.2 Å². The lowest BCUT2D eigenvalue weighted by Gasteiger charge is -2.26. The van der Waals surface area contributed by atoms with Gasteiger partial charge in [0.05, 0.1) is 57.8 Å². The number of rotatable bonds is 9. The highest BCUT2D eigenvalue weighted by atomic mass is 35.5. The van der Waals surface area contributed by atoms with Gasteiger partial charge in [0.15, 0.2) is 11.5 Å². The minimum Gasteiger partial charge on any atom is -0.507 e. The van der Waals surface area contributed by atoms with Crippen molar-refractivity contribution in [2.45, 2.75) is 12.6 Å². The van der Waals surface area contributed by atoms with Gasteiger partial charge in [0.2, 0.25) is 0 Å². The molecular weight excluding hydrogens is 526 g/mol. The molecule has 1 aliphatic heterocycles. The summed E-state index contributed by atoms with van der Waals surface area (Å²) in [4.78, 5) is 28.3. The number of hydrogen-bond donors (Lipinski definition) is 1. The van der Waals surface area contributed by atoms with Gasteiger partial charge in [0.1, 0.15) is 23.0 Å². The number of Topliss-reactive ketones (excluding diaryl/α,β-unsaturated/α-hetero) is 1. The third-order valence-electron chi connectivity index (χ3n) is 6.50. The zero-order valence-corrected chi connectivity index (χ0v) is 22.9. The number of benzene rings is 3. The Balaban J connectivity index is 1.90. The number of nitrogens with zero attached hydrogens (tertiary/aromatic N) is 1. The highest BCUT2D eigenvalue weighted by molar-refractivity contribution is 6.46. The molecule has 1 fully saturated rings. The van der Waals surface area contributed by atoms with Crippen LogP contribution in [0.1, 0.15) is 22.7 Å². The summed E-state index contributed by atoms with van der Waals surface area (Å²) in [5, 5.41) is 11.8. The zero-order valence-electron chi connectivity index (χ0n) is 22.1. The summed E-state index contributed by atoms with van der Waals surface area (Å²) in [5.74, 6) is 0.0362. The highest BCUT2D eigenvalue weighted by Gasteiger charge is 2.46. The molecule has 4 rings (SSSR count). The van der Waals surface area contributed by atoms with Crippen molar-refractivity contribution in [2.75, 3.05) is 35.5 Å². The van der Waals surface area contributed by atoms with Crippen molar-refractivity contribution < 1.29 is 38.4 Å². The summed E-state index contributed by atoms with van der Waals surface area (Å²) >= 11 is 6.25. The molecule has 1 saturated heterocycles. The molecule has 1 amide bonds. The van der Waals surface area contributed by atoms with E-state index in [-0.39, 0.29) is 34.2 Å². The molecule has 0 bridgehead atoms. The Morgan fingerprint density at radius 3 is 2.03 bits per heavy atom. The molecule has 3 aromatic rings. The van der Waals surface area contributed by atoms with Crippen LogP contribution in [0, 0.1) is 0 Å². The lowest BCUT2D eigenvalue weighted by atomic mass is 9.94. The number of hydrogen-bond acceptors (Lipinski definition) is 8. The van der Waals surface area contributed by atoms with E-state index in [0.717, 1.165) is 0 Å². The summed E-state index contributed by atoms with van der Waals surface area (Å²) in [6.07, 6.45) is 0. The van der Waals surface area contributed by atoms with Gasteiger partial charge in [-0.05, 0) is 41.5 Å². The van der Waals surface area contributed by atoms with Crippen molar-refractivity contribution in [1.82, 2.24) is 4.90 Å². The zero-order chi connectivity index (χ0) is 28.3. The van der Waals surface area contributed by atoms with Crippen molar-refractivity contribution in [1.29, 1.82) is 0 Å². The van der Waals surface area contributed by atoms with Crippen LogP contribution in [0.2, 0.25) is 5.02 Å². The lowest BCUT2D eigenvalue weighted by molar-refractivity contribution is -0.140. The third-order valence-corrected chi connectivity index (χ3v) is 6.80. The normalized spacial score (nSPS) is 16.3. The Labute approximate surface area is 231 Å². The minimum absolute atomic E-state index is 0.0550. The van der Waals surface area contributed by atoms with Crippen molar-refractivity contribution in [3.8, 4) is 28.7 Å². The van der Waals surface area contributed by atoms with Gasteiger partial charge in [-0.1, -0.05) is 29.8 Å². The molecule has 3 aromatic carbocycles. The number of aliphatic hydroxyl groups excluding tert-OH is 1. The Kier molecular flexibility index (Phi) is 8.21. The molecule has 0 aliphatic carbocycles. The molecule has 204 valence electrons. The number of aliphatic hydroxyl groups is 1. The van der Waals surface area contributed by atoms with Crippen LogP contribution in [0.25, 0.3) is 5.76 Å². The standard InChI is InChI=1S/C29H28ClNO8/c1-35-18-9-7-17(8-10-18)26-25(27(32)19-13-23(38-4)20(30)14-22(19)37-3)28(33)29(34)31(26)15-16-6-11-21(36-2)24(12-16)39-5/h6-14,26,32H,15H2,1-5H3/b27-25+. The number of halogens is 1. The SMILES string of the molecule is COc1ccc(C2/C(=C(\O)c3cc(OC)c(Cl)cc3OC)C(=O)C(=O)N2Cc2ccc(OC)c(OC)c2)cc1. The largest absolute Gasteiger partial charge is 0.507 e. The van der Waals surface area contributed by atoms with Crippen LogP contribution in [0.15, 0.2) is 60.2 Å². The molecule has 0 spiro atoms. The van der Waals surface area contributed by atoms with Gasteiger partial charge >= 0.3 is 0 Å². The molecule has 10 heteroatoms. The molecular formula is C29H28ClNO8. The highest BCUT2D eigenvalue weighted by Crippen LogP contribution is 2.44. The molecule has 1 heterocycles. The van der Waals surface area contributed by atoms with E-state index >= 15 is 0 Å². The first-order valence-corrected chi connectivity index (χ1v) is 12.2. The average molecular weight is 554 g/mol. The first-order chi connectivity index (χ1) is 18.8. The van der Waals surface area contributed by atoms with Crippen LogP contribution in [0.3, 0.4) is 0 Å². The van der Waals surface area contributed by atoms with Gasteiger partial charge in [-0.2, -0.15) is 0 Å². The summed E-state index contributed by atoms with van der Waals surface area (Å²) in [5.41, 5.74) is 1.34. The van der Waals surface area contributed by atoms with Crippen LogP contribution in [-0.2, 0) is 16.1 Å². The number of ether oxygens (including phenoxy) is 5. The second-order valence-corrected chi connectivity index (χ2v) is 8.98. The van der Waals surface area contributed by atoms with E-state index in [2.05, 4.69) is 0 Å². The monoisotopic (exact) mass is 553 g/mol. The number of methoxy groups -OCH3 is 5. The van der Waals surface area contributed by atoms with Crippen LogP contribution < -0.4 is 23.7 Å². The van der Waals surface area contributed by atoms with Gasteiger partial charge in [0.25, 0.3) is 11.7 Å². The topological polar surface area (TPSA) is 104 Å². The van der Waals surface area contributed by atoms with E-state index in [9.17, 15) is 14.7 Å². The predicted octanol–water partition coefficient (Wildman–Crippen LogP) is 5.00. The minimum atomic E-state index is -0.921. The van der Waals surface area contributed by atoms with E-state index in [1.165, 1.54) is 45.5 Å². The maximum absolute atomic E-state index is 13.5. The Hall–Kier alpha value is -4.37. The third kappa shape index (κ3) is 5.18. The smallest absolute Gasteiger partial charge is 0.295 e. The van der Waals surface area contributed by atoms with Gasteiger partial charge in [0, 0.05) is 12.6 Å². The Bertz CT molecular complexity index is 1430. The second-order valence-electron chi connectivity index (χ2n) is 8.58. The molecule has 0 radical (unpaired) electrons. The summed E-state index contributed by atoms with van der Waals surface area (Å²) in [6, 6.07) is 14.2. The quantitative estimate of drug-likeness (QED) is 0.224. The summed E-state index contributed by atoms with van der Waals surface area (Å²) < 4.78 is 26.7. The molecule has 1 unspecified atom stereocenters. The Morgan fingerprint density at radius 2 is 1.44 bits per heavy atom. The van der Waals surface area contributed by atoms with Crippen molar-refractivity contribution >= 4 is 29.1 Å². The predicted molar refractivity (Wildman–Crippen MR) is 145 cm³/mol. The number of ketones is 1. The summed E-state index contributed by atoms with van der Waals surface area (Å²) in [6.45, 7) is 0.0550. The molecule has 1 atom stereocenters. The van der Waals surface area contributed by atoms with Crippen molar-refractivity contribution in [3.05, 3.63) is 81.9 Å². The van der Waals surface area contributed by atoms with E-state index < -0.39 is 23.5 Å². The van der Waals surface area contributed by atoms with E-state index in [1.807, 2.05) is 0 Å². The maximum Gasteiger partial charge on any atom is 0.295 e. The lowest BCUT2D eigenvalue weighted by Crippen LogP contribution is -2.29. The average Bonchev–Trinajstić information content (AvgIpc) is 3.21. The molecule has 0 aromatic heterocycles. The van der Waals surface area contributed by atoms with Crippen molar-refractivity contribution in [3.63, 3.8) is 0 Å². The fourth-order valence-electron chi connectivity index (χ4n) is 4.54. The fourth-order valence-corrected chi connectivity index (χ4v) is 4.77. The van der Waals surface area contributed by atoms with Gasteiger partial charge in [-0.3, -0.25) is 9.59 Å². The molecule has 1 aliphatic rings. The van der Waals surface area contributed by atoms with E-state index in [0.29, 0.717) is 28.4 Å². The molecule has 0 saturated carbocycles. The van der Waals surface area contributed by atoms with Crippen LogP contribution >= 0.6 is 11.6 Å². The van der Waals surface area contributed by atoms with Gasteiger partial charge in [-0.15, -0.1) is 0 Å². The number of likely N-dealkylation sites (tertiary alicyclic amines) is 1. The van der Waals surface area contributed by atoms with Crippen molar-refractivity contribution in [2.24, 2.45) is 0 Å². The summed E-state index contributed by atoms with van der Waals surface area (Å²) in [7, 11) is 7.42. The second kappa shape index (κ2) is 11.6. The number of carbonyl (C=O) groups excluding carboxylic acids is 2. The Morgan fingerprint density at radius 1 is 0.795 bits per heavy atom. The fraction of sp³-hybridized carbons (Fsp3) is 0.241. The van der Waals surface area contributed by atoms with Crippen LogP contribution in [0.5, 0.6) is 28.7 Å². The number of amides is 1. The van der Waals surface area contributed by atoms with E-state index in [4.69, 9.17) is 35.3 Å². The first-order valence-electron chi connectivity index (χ1n) is 11.8. The molecule has 1 N–H and O–H groups in total.